The molecule has 7 nitrogen and oxygen atoms in total. The van der Waals surface area contributed by atoms with Crippen LogP contribution < -0.4 is 18.9 Å². The van der Waals surface area contributed by atoms with E-state index in [-0.39, 0.29) is 12.7 Å². The first-order valence-electron chi connectivity index (χ1n) is 12.4. The number of fused-ring (bicyclic) bond motifs is 2. The molecule has 3 aliphatic rings. The predicted octanol–water partition coefficient (Wildman–Crippen LogP) is 3.99. The van der Waals surface area contributed by atoms with Gasteiger partial charge in [-0.05, 0) is 80.1 Å². The molecule has 0 saturated carbocycles. The summed E-state index contributed by atoms with van der Waals surface area (Å²) in [4.78, 5) is 17.8. The lowest BCUT2D eigenvalue weighted by Gasteiger charge is -2.33. The standard InChI is InChI=1S/C27H34N2O5/c1-31-22-6-8-23(9-7-22)32-14-4-12-28-11-3-2-5-20(17-28)18-29-13-10-21-15-25-26(34-19-33-25)16-24(21)27(29)30/h6-9,15-16,20H,2-5,10-14,17-19H2,1H3. The smallest absolute Gasteiger partial charge is 0.254 e. The topological polar surface area (TPSA) is 60.5 Å². The summed E-state index contributed by atoms with van der Waals surface area (Å²) in [6.07, 6.45) is 5.48. The van der Waals surface area contributed by atoms with E-state index in [1.54, 1.807) is 7.11 Å². The summed E-state index contributed by atoms with van der Waals surface area (Å²) in [5, 5.41) is 0. The van der Waals surface area contributed by atoms with Gasteiger partial charge in [-0.15, -0.1) is 0 Å². The fourth-order valence-corrected chi connectivity index (χ4v) is 5.22. The Balaban J connectivity index is 1.11. The number of nitrogens with zero attached hydrogens (tertiary/aromatic N) is 2. The maximum absolute atomic E-state index is 13.2. The highest BCUT2D eigenvalue weighted by molar-refractivity contribution is 5.97. The van der Waals surface area contributed by atoms with Crippen molar-refractivity contribution in [1.82, 2.24) is 9.80 Å². The molecule has 0 bridgehead atoms. The molecule has 34 heavy (non-hydrogen) atoms. The predicted molar refractivity (Wildman–Crippen MR) is 129 cm³/mol. The van der Waals surface area contributed by atoms with Gasteiger partial charge < -0.3 is 28.7 Å². The van der Waals surface area contributed by atoms with Gasteiger partial charge in [-0.2, -0.15) is 0 Å². The SMILES string of the molecule is COc1ccc(OCCCN2CCCCC(CN3CCc4cc5c(cc4C3=O)OCO5)C2)cc1. The molecule has 0 N–H and O–H groups in total. The van der Waals surface area contributed by atoms with Crippen LogP contribution in [0.1, 0.15) is 41.6 Å². The van der Waals surface area contributed by atoms with Gasteiger partial charge in [-0.25, -0.2) is 0 Å². The van der Waals surface area contributed by atoms with Crippen molar-refractivity contribution in [2.75, 3.05) is 53.2 Å². The summed E-state index contributed by atoms with van der Waals surface area (Å²) >= 11 is 0. The number of likely N-dealkylation sites (tertiary alicyclic amines) is 1. The van der Waals surface area contributed by atoms with Crippen molar-refractivity contribution in [2.45, 2.75) is 32.1 Å². The molecule has 0 aromatic heterocycles. The number of hydrogen-bond donors (Lipinski definition) is 0. The molecule has 1 unspecified atom stereocenters. The van der Waals surface area contributed by atoms with E-state index in [0.29, 0.717) is 18.3 Å². The highest BCUT2D eigenvalue weighted by Crippen LogP contribution is 2.37. The van der Waals surface area contributed by atoms with Crippen molar-refractivity contribution in [2.24, 2.45) is 5.92 Å². The molecule has 2 aromatic carbocycles. The Morgan fingerprint density at radius 3 is 2.65 bits per heavy atom. The van der Waals surface area contributed by atoms with Gasteiger partial charge in [0.2, 0.25) is 6.79 Å². The first kappa shape index (κ1) is 22.8. The second-order valence-electron chi connectivity index (χ2n) is 9.40. The van der Waals surface area contributed by atoms with E-state index >= 15 is 0 Å². The van der Waals surface area contributed by atoms with E-state index in [4.69, 9.17) is 18.9 Å². The Hall–Kier alpha value is -2.93. The molecule has 2 aromatic rings. The largest absolute Gasteiger partial charge is 0.497 e. The maximum Gasteiger partial charge on any atom is 0.254 e. The van der Waals surface area contributed by atoms with Gasteiger partial charge in [0.25, 0.3) is 5.91 Å². The average Bonchev–Trinajstić information content (AvgIpc) is 3.20. The highest BCUT2D eigenvalue weighted by atomic mass is 16.7. The van der Waals surface area contributed by atoms with Crippen LogP contribution in [0, 0.1) is 5.92 Å². The Morgan fingerprint density at radius 2 is 1.82 bits per heavy atom. The third-order valence-corrected chi connectivity index (χ3v) is 7.05. The average molecular weight is 467 g/mol. The van der Waals surface area contributed by atoms with Crippen LogP contribution >= 0.6 is 0 Å². The second kappa shape index (κ2) is 10.6. The zero-order chi connectivity index (χ0) is 23.3. The third-order valence-electron chi connectivity index (χ3n) is 7.05. The molecule has 1 atom stereocenters. The Kier molecular flexibility index (Phi) is 7.09. The van der Waals surface area contributed by atoms with Gasteiger partial charge in [0.1, 0.15) is 11.5 Å². The summed E-state index contributed by atoms with van der Waals surface area (Å²) in [5.74, 6) is 3.79. The number of methoxy groups -OCH3 is 1. The Labute approximate surface area is 201 Å². The molecule has 0 aliphatic carbocycles. The van der Waals surface area contributed by atoms with Gasteiger partial charge in [0.05, 0.1) is 13.7 Å². The van der Waals surface area contributed by atoms with E-state index in [9.17, 15) is 4.79 Å². The molecule has 182 valence electrons. The number of rotatable bonds is 8. The lowest BCUT2D eigenvalue weighted by atomic mass is 9.96. The Morgan fingerprint density at radius 1 is 1.03 bits per heavy atom. The molecule has 1 fully saturated rings. The van der Waals surface area contributed by atoms with Crippen LogP contribution in [-0.4, -0.2) is 68.9 Å². The van der Waals surface area contributed by atoms with Crippen molar-refractivity contribution in [1.29, 1.82) is 0 Å². The van der Waals surface area contributed by atoms with Crippen LogP contribution in [0.3, 0.4) is 0 Å². The van der Waals surface area contributed by atoms with Crippen LogP contribution in [0.25, 0.3) is 0 Å². The molecule has 3 aliphatic heterocycles. The van der Waals surface area contributed by atoms with Gasteiger partial charge in [-0.3, -0.25) is 4.79 Å². The van der Waals surface area contributed by atoms with Crippen molar-refractivity contribution in [3.05, 3.63) is 47.5 Å². The van der Waals surface area contributed by atoms with Crippen molar-refractivity contribution in [3.8, 4) is 23.0 Å². The van der Waals surface area contributed by atoms with Gasteiger partial charge in [-0.1, -0.05) is 6.42 Å². The van der Waals surface area contributed by atoms with Crippen molar-refractivity contribution < 1.29 is 23.7 Å². The van der Waals surface area contributed by atoms with Crippen molar-refractivity contribution >= 4 is 5.91 Å². The Bertz CT molecular complexity index is 993. The summed E-state index contributed by atoms with van der Waals surface area (Å²) in [5.41, 5.74) is 1.85. The van der Waals surface area contributed by atoms with Crippen LogP contribution in [0.4, 0.5) is 0 Å². The molecule has 5 rings (SSSR count). The van der Waals surface area contributed by atoms with Crippen LogP contribution in [-0.2, 0) is 6.42 Å². The van der Waals surface area contributed by atoms with E-state index in [1.165, 1.54) is 19.3 Å². The van der Waals surface area contributed by atoms with Crippen LogP contribution in [0.15, 0.2) is 36.4 Å². The van der Waals surface area contributed by atoms with E-state index < -0.39 is 0 Å². The maximum atomic E-state index is 13.2. The fraction of sp³-hybridized carbons (Fsp3) is 0.519. The van der Waals surface area contributed by atoms with Gasteiger partial charge in [0, 0.05) is 31.7 Å². The number of carbonyl (C=O) groups excluding carboxylic acids is 1. The van der Waals surface area contributed by atoms with E-state index in [2.05, 4.69) is 4.90 Å². The molecule has 1 saturated heterocycles. The summed E-state index contributed by atoms with van der Waals surface area (Å²) in [6.45, 7) is 5.72. The summed E-state index contributed by atoms with van der Waals surface area (Å²) < 4.78 is 22.1. The summed E-state index contributed by atoms with van der Waals surface area (Å²) in [7, 11) is 1.67. The van der Waals surface area contributed by atoms with Gasteiger partial charge in [0.15, 0.2) is 11.5 Å². The monoisotopic (exact) mass is 466 g/mol. The van der Waals surface area contributed by atoms with E-state index in [0.717, 1.165) is 73.9 Å². The van der Waals surface area contributed by atoms with Crippen molar-refractivity contribution in [3.63, 3.8) is 0 Å². The van der Waals surface area contributed by atoms with Gasteiger partial charge >= 0.3 is 0 Å². The number of ether oxygens (including phenoxy) is 4. The fourth-order valence-electron chi connectivity index (χ4n) is 5.22. The minimum atomic E-state index is 0.128. The van der Waals surface area contributed by atoms with Crippen LogP contribution in [0.5, 0.6) is 23.0 Å². The molecular weight excluding hydrogens is 432 g/mol. The molecule has 3 heterocycles. The normalized spacial score (nSPS) is 20.1. The zero-order valence-electron chi connectivity index (χ0n) is 20.0. The summed E-state index contributed by atoms with van der Waals surface area (Å²) in [6, 6.07) is 11.6. The lowest BCUT2D eigenvalue weighted by molar-refractivity contribution is 0.0694. The molecule has 1 amide bonds. The first-order chi connectivity index (χ1) is 16.7. The first-order valence-corrected chi connectivity index (χ1v) is 12.4. The zero-order valence-corrected chi connectivity index (χ0v) is 20.0. The third kappa shape index (κ3) is 5.25. The quantitative estimate of drug-likeness (QED) is 0.549. The number of hydrogen-bond acceptors (Lipinski definition) is 6. The van der Waals surface area contributed by atoms with E-state index in [1.807, 2.05) is 41.3 Å². The minimum Gasteiger partial charge on any atom is -0.497 e. The second-order valence-corrected chi connectivity index (χ2v) is 9.40. The minimum absolute atomic E-state index is 0.128. The van der Waals surface area contributed by atoms with Crippen LogP contribution in [0.2, 0.25) is 0 Å². The lowest BCUT2D eigenvalue weighted by Crippen LogP contribution is -2.43. The molecule has 0 radical (unpaired) electrons. The number of benzene rings is 2. The number of carbonyl (C=O) groups is 1. The molecule has 0 spiro atoms. The molecular formula is C27H34N2O5. The number of amides is 1. The molecule has 7 heteroatoms. The highest BCUT2D eigenvalue weighted by Gasteiger charge is 2.30.